The molecule has 2 aromatic carbocycles. The number of rotatable bonds is 5. The molecule has 25 heavy (non-hydrogen) atoms. The molecule has 0 bridgehead atoms. The summed E-state index contributed by atoms with van der Waals surface area (Å²) in [6.07, 6.45) is 0. The highest BCUT2D eigenvalue weighted by Crippen LogP contribution is 2.27. The number of anilines is 2. The first-order valence-electron chi connectivity index (χ1n) is 7.36. The number of hydrogen-bond acceptors (Lipinski definition) is 5. The number of nitrogens with one attached hydrogen (secondary N) is 2. The fraction of sp³-hybridized carbons (Fsp3) is 0.118. The number of carbonyl (C=O) groups excluding carboxylic acids is 2. The molecule has 2 N–H and O–H groups in total. The zero-order valence-electron chi connectivity index (χ0n) is 13.2. The van der Waals surface area contributed by atoms with E-state index in [4.69, 9.17) is 16.0 Å². The van der Waals surface area contributed by atoms with Crippen LogP contribution in [0.2, 0.25) is 5.02 Å². The Morgan fingerprint density at radius 1 is 1.20 bits per heavy atom. The summed E-state index contributed by atoms with van der Waals surface area (Å²) in [5.41, 5.74) is 2.41. The van der Waals surface area contributed by atoms with Crippen LogP contribution in [0.4, 0.5) is 11.4 Å². The first kappa shape index (κ1) is 17.3. The lowest BCUT2D eigenvalue weighted by Crippen LogP contribution is -2.15. The Hall–Kier alpha value is -2.51. The summed E-state index contributed by atoms with van der Waals surface area (Å²) in [6.45, 7) is 1.41. The second kappa shape index (κ2) is 7.58. The summed E-state index contributed by atoms with van der Waals surface area (Å²) in [6, 6.07) is 12.3. The minimum Gasteiger partial charge on any atom is -0.431 e. The van der Waals surface area contributed by atoms with Crippen LogP contribution < -0.4 is 10.6 Å². The van der Waals surface area contributed by atoms with Crippen LogP contribution in [0, 0.1) is 0 Å². The maximum absolute atomic E-state index is 12.1. The molecule has 0 unspecified atom stereocenters. The van der Waals surface area contributed by atoms with Gasteiger partial charge in [0, 0.05) is 12.6 Å². The molecule has 0 aliphatic rings. The van der Waals surface area contributed by atoms with Gasteiger partial charge in [-0.05, 0) is 30.3 Å². The number of carbonyl (C=O) groups is 2. The molecular formula is C17H14ClN3O3S. The number of thioether (sulfide) groups is 1. The van der Waals surface area contributed by atoms with Gasteiger partial charge in [0.1, 0.15) is 5.52 Å². The molecule has 1 heterocycles. The van der Waals surface area contributed by atoms with Crippen molar-refractivity contribution in [2.45, 2.75) is 12.1 Å². The molecular weight excluding hydrogens is 362 g/mol. The van der Waals surface area contributed by atoms with Crippen LogP contribution in [0.1, 0.15) is 6.92 Å². The maximum Gasteiger partial charge on any atom is 0.257 e. The van der Waals surface area contributed by atoms with Crippen LogP contribution in [0.25, 0.3) is 11.1 Å². The fourth-order valence-corrected chi connectivity index (χ4v) is 2.93. The van der Waals surface area contributed by atoms with Gasteiger partial charge in [-0.3, -0.25) is 9.59 Å². The van der Waals surface area contributed by atoms with Crippen LogP contribution >= 0.6 is 23.4 Å². The van der Waals surface area contributed by atoms with Crippen molar-refractivity contribution >= 4 is 57.7 Å². The molecule has 0 aliphatic heterocycles. The highest BCUT2D eigenvalue weighted by atomic mass is 35.5. The van der Waals surface area contributed by atoms with E-state index in [9.17, 15) is 9.59 Å². The Labute approximate surface area is 152 Å². The van der Waals surface area contributed by atoms with Gasteiger partial charge in [0.15, 0.2) is 5.58 Å². The van der Waals surface area contributed by atoms with Crippen molar-refractivity contribution in [3.63, 3.8) is 0 Å². The molecule has 0 fully saturated rings. The molecule has 0 radical (unpaired) electrons. The number of hydrogen-bond donors (Lipinski definition) is 2. The van der Waals surface area contributed by atoms with Crippen molar-refractivity contribution < 1.29 is 14.0 Å². The Morgan fingerprint density at radius 2 is 2.00 bits per heavy atom. The number of fused-ring (bicyclic) bond motifs is 1. The Morgan fingerprint density at radius 3 is 2.76 bits per heavy atom. The Bertz CT molecular complexity index is 909. The first-order valence-corrected chi connectivity index (χ1v) is 8.73. The van der Waals surface area contributed by atoms with Crippen molar-refractivity contribution in [2.75, 3.05) is 16.4 Å². The van der Waals surface area contributed by atoms with Crippen molar-refractivity contribution in [3.8, 4) is 0 Å². The summed E-state index contributed by atoms with van der Waals surface area (Å²) in [5, 5.41) is 6.16. The van der Waals surface area contributed by atoms with Crippen LogP contribution in [-0.4, -0.2) is 22.6 Å². The van der Waals surface area contributed by atoms with Gasteiger partial charge < -0.3 is 15.1 Å². The van der Waals surface area contributed by atoms with Crippen molar-refractivity contribution in [1.29, 1.82) is 0 Å². The topological polar surface area (TPSA) is 84.2 Å². The van der Waals surface area contributed by atoms with E-state index in [0.717, 1.165) is 5.52 Å². The molecule has 3 aromatic rings. The van der Waals surface area contributed by atoms with Crippen LogP contribution in [0.3, 0.4) is 0 Å². The predicted molar refractivity (Wildman–Crippen MR) is 99.1 cm³/mol. The molecule has 6 nitrogen and oxygen atoms in total. The van der Waals surface area contributed by atoms with Crippen molar-refractivity contribution in [3.05, 3.63) is 47.5 Å². The number of para-hydroxylation sites is 2. The van der Waals surface area contributed by atoms with Crippen LogP contribution in [0.15, 0.2) is 52.1 Å². The molecule has 0 spiro atoms. The highest BCUT2D eigenvalue weighted by molar-refractivity contribution is 7.99. The summed E-state index contributed by atoms with van der Waals surface area (Å²) < 4.78 is 5.55. The van der Waals surface area contributed by atoms with Gasteiger partial charge in [-0.2, -0.15) is 0 Å². The first-order chi connectivity index (χ1) is 12.0. The Kier molecular flexibility index (Phi) is 5.25. The lowest BCUT2D eigenvalue weighted by molar-refractivity contribution is -0.114. The van der Waals surface area contributed by atoms with E-state index in [2.05, 4.69) is 15.6 Å². The quantitative estimate of drug-likeness (QED) is 0.654. The van der Waals surface area contributed by atoms with Crippen LogP contribution in [-0.2, 0) is 9.59 Å². The van der Waals surface area contributed by atoms with Gasteiger partial charge >= 0.3 is 0 Å². The third kappa shape index (κ3) is 4.52. The van der Waals surface area contributed by atoms with Gasteiger partial charge in [-0.15, -0.1) is 0 Å². The summed E-state index contributed by atoms with van der Waals surface area (Å²) in [5.74, 6) is -0.340. The lowest BCUT2D eigenvalue weighted by Gasteiger charge is -2.09. The van der Waals surface area contributed by atoms with Crippen LogP contribution in [0.5, 0.6) is 0 Å². The SMILES string of the molecule is CC(=O)Nc1ccc(Cl)c(NC(=O)CSc2nc3ccccc3o2)c1. The normalized spacial score (nSPS) is 10.6. The lowest BCUT2D eigenvalue weighted by atomic mass is 10.2. The molecule has 0 atom stereocenters. The van der Waals surface area contributed by atoms with Gasteiger partial charge in [0.2, 0.25) is 11.8 Å². The smallest absolute Gasteiger partial charge is 0.257 e. The summed E-state index contributed by atoms with van der Waals surface area (Å²) >= 11 is 7.27. The van der Waals surface area contributed by atoms with Crippen molar-refractivity contribution in [1.82, 2.24) is 4.98 Å². The van der Waals surface area contributed by atoms with E-state index in [1.165, 1.54) is 18.7 Å². The average molecular weight is 376 g/mol. The third-order valence-electron chi connectivity index (χ3n) is 3.16. The molecule has 0 saturated heterocycles. The number of halogens is 1. The largest absolute Gasteiger partial charge is 0.431 e. The number of aromatic nitrogens is 1. The minimum atomic E-state index is -0.255. The standard InChI is InChI=1S/C17H14ClN3O3S/c1-10(22)19-11-6-7-12(18)14(8-11)20-16(23)9-25-17-21-13-4-2-3-5-15(13)24-17/h2-8H,9H2,1H3,(H,19,22)(H,20,23). The van der Waals surface area contributed by atoms with Gasteiger partial charge in [0.05, 0.1) is 16.5 Å². The van der Waals surface area contributed by atoms with Gasteiger partial charge in [0.25, 0.3) is 5.22 Å². The van der Waals surface area contributed by atoms with E-state index >= 15 is 0 Å². The fourth-order valence-electron chi connectivity index (χ4n) is 2.13. The summed E-state index contributed by atoms with van der Waals surface area (Å²) in [7, 11) is 0. The van der Waals surface area contributed by atoms with E-state index in [-0.39, 0.29) is 17.6 Å². The molecule has 128 valence electrons. The van der Waals surface area contributed by atoms with E-state index in [1.54, 1.807) is 18.2 Å². The number of oxazole rings is 1. The summed E-state index contributed by atoms with van der Waals surface area (Å²) in [4.78, 5) is 27.6. The van der Waals surface area contributed by atoms with E-state index < -0.39 is 0 Å². The monoisotopic (exact) mass is 375 g/mol. The number of benzene rings is 2. The molecule has 0 saturated carbocycles. The average Bonchev–Trinajstić information content (AvgIpc) is 2.98. The van der Waals surface area contributed by atoms with E-state index in [0.29, 0.717) is 27.2 Å². The number of nitrogens with zero attached hydrogens (tertiary/aromatic N) is 1. The van der Waals surface area contributed by atoms with E-state index in [1.807, 2.05) is 24.3 Å². The number of amides is 2. The minimum absolute atomic E-state index is 0.119. The van der Waals surface area contributed by atoms with Gasteiger partial charge in [-0.1, -0.05) is 35.5 Å². The van der Waals surface area contributed by atoms with Crippen molar-refractivity contribution in [2.24, 2.45) is 0 Å². The predicted octanol–water partition coefficient (Wildman–Crippen LogP) is 4.17. The molecule has 2 amide bonds. The van der Waals surface area contributed by atoms with Gasteiger partial charge in [-0.25, -0.2) is 4.98 Å². The molecule has 1 aromatic heterocycles. The second-order valence-electron chi connectivity index (χ2n) is 5.16. The molecule has 0 aliphatic carbocycles. The molecule has 3 rings (SSSR count). The third-order valence-corrected chi connectivity index (χ3v) is 4.32. The zero-order valence-corrected chi connectivity index (χ0v) is 14.8. The zero-order chi connectivity index (χ0) is 17.8. The second-order valence-corrected chi connectivity index (χ2v) is 6.49. The Balaban J connectivity index is 1.63. The molecule has 8 heteroatoms. The maximum atomic E-state index is 12.1. The highest BCUT2D eigenvalue weighted by Gasteiger charge is 2.11.